The largest absolute Gasteiger partial charge is 0.416 e. The molecule has 0 saturated carbocycles. The summed E-state index contributed by atoms with van der Waals surface area (Å²) >= 11 is 0. The zero-order valence-electron chi connectivity index (χ0n) is 12.3. The fourth-order valence-corrected chi connectivity index (χ4v) is 2.46. The molecule has 0 unspecified atom stereocenters. The number of benzene rings is 2. The van der Waals surface area contributed by atoms with Crippen molar-refractivity contribution in [3.63, 3.8) is 0 Å². The number of aromatic nitrogens is 1. The van der Waals surface area contributed by atoms with Gasteiger partial charge < -0.3 is 4.57 Å². The van der Waals surface area contributed by atoms with Crippen molar-refractivity contribution in [2.75, 3.05) is 0 Å². The van der Waals surface area contributed by atoms with E-state index in [0.717, 1.165) is 17.7 Å². The van der Waals surface area contributed by atoms with E-state index in [1.807, 2.05) is 6.07 Å². The van der Waals surface area contributed by atoms with Crippen molar-refractivity contribution in [1.29, 1.82) is 5.26 Å². The Morgan fingerprint density at radius 2 is 1.75 bits per heavy atom. The number of pyridine rings is 1. The summed E-state index contributed by atoms with van der Waals surface area (Å²) in [7, 11) is 0. The predicted octanol–water partition coefficient (Wildman–Crippen LogP) is 3.94. The first-order chi connectivity index (χ1) is 11.4. The van der Waals surface area contributed by atoms with Gasteiger partial charge in [0, 0.05) is 11.6 Å². The van der Waals surface area contributed by atoms with E-state index in [2.05, 4.69) is 0 Å². The van der Waals surface area contributed by atoms with Crippen LogP contribution in [0.4, 0.5) is 13.2 Å². The van der Waals surface area contributed by atoms with Gasteiger partial charge in [-0.3, -0.25) is 4.79 Å². The molecule has 0 aliphatic carbocycles. The van der Waals surface area contributed by atoms with E-state index in [0.29, 0.717) is 10.9 Å². The van der Waals surface area contributed by atoms with Gasteiger partial charge in [0.25, 0.3) is 5.56 Å². The fourth-order valence-electron chi connectivity index (χ4n) is 2.46. The summed E-state index contributed by atoms with van der Waals surface area (Å²) in [5.74, 6) is 0. The highest BCUT2D eigenvalue weighted by atomic mass is 19.4. The molecule has 1 aromatic heterocycles. The van der Waals surface area contributed by atoms with Gasteiger partial charge in [-0.1, -0.05) is 18.2 Å². The van der Waals surface area contributed by atoms with Crippen LogP contribution in [0.15, 0.2) is 59.5 Å². The van der Waals surface area contributed by atoms with Gasteiger partial charge in [-0.05, 0) is 41.3 Å². The molecular formula is C18H11F3N2O. The summed E-state index contributed by atoms with van der Waals surface area (Å²) < 4.78 is 39.8. The molecule has 0 atom stereocenters. The second-order valence-corrected chi connectivity index (χ2v) is 5.36. The summed E-state index contributed by atoms with van der Waals surface area (Å²) in [5, 5.41) is 9.27. The molecule has 0 spiro atoms. The van der Waals surface area contributed by atoms with Crippen LogP contribution >= 0.6 is 0 Å². The minimum atomic E-state index is -4.49. The van der Waals surface area contributed by atoms with Crippen molar-refractivity contribution in [2.24, 2.45) is 0 Å². The van der Waals surface area contributed by atoms with E-state index in [1.165, 1.54) is 10.6 Å². The van der Waals surface area contributed by atoms with Crippen molar-refractivity contribution in [2.45, 2.75) is 12.7 Å². The van der Waals surface area contributed by atoms with Crippen LogP contribution in [0.5, 0.6) is 0 Å². The number of nitrogens with zero attached hydrogens (tertiary/aromatic N) is 2. The monoisotopic (exact) mass is 328 g/mol. The van der Waals surface area contributed by atoms with Crippen molar-refractivity contribution in [1.82, 2.24) is 4.57 Å². The van der Waals surface area contributed by atoms with Crippen LogP contribution < -0.4 is 5.56 Å². The van der Waals surface area contributed by atoms with E-state index >= 15 is 0 Å². The molecule has 1 heterocycles. The average Bonchev–Trinajstić information content (AvgIpc) is 2.57. The second kappa shape index (κ2) is 5.85. The Labute approximate surface area is 135 Å². The van der Waals surface area contributed by atoms with E-state index in [9.17, 15) is 18.0 Å². The molecule has 0 bridgehead atoms. The normalized spacial score (nSPS) is 11.4. The molecule has 2 aromatic carbocycles. The molecule has 120 valence electrons. The number of halogens is 3. The summed E-state index contributed by atoms with van der Waals surface area (Å²) in [5.41, 5.74) is -0.0481. The number of rotatable bonds is 2. The lowest BCUT2D eigenvalue weighted by Gasteiger charge is -2.10. The van der Waals surface area contributed by atoms with Gasteiger partial charge in [0.15, 0.2) is 0 Å². The van der Waals surface area contributed by atoms with E-state index < -0.39 is 17.3 Å². The Balaban J connectivity index is 2.04. The Bertz CT molecular complexity index is 996. The van der Waals surface area contributed by atoms with Gasteiger partial charge in [-0.25, -0.2) is 0 Å². The zero-order chi connectivity index (χ0) is 17.3. The molecule has 0 fully saturated rings. The minimum absolute atomic E-state index is 0.0287. The zero-order valence-corrected chi connectivity index (χ0v) is 12.3. The number of hydrogen-bond donors (Lipinski definition) is 0. The summed E-state index contributed by atoms with van der Waals surface area (Å²) in [6.07, 6.45) is -2.94. The standard InChI is InChI=1S/C18H11F3N2O/c19-18(20,21)15-6-5-14-7-8-23(17(24)16(14)9-15)11-13-3-1-12(10-22)2-4-13/h1-9H,11H2. The van der Waals surface area contributed by atoms with Gasteiger partial charge in [0.1, 0.15) is 0 Å². The molecule has 3 aromatic rings. The summed E-state index contributed by atoms with van der Waals surface area (Å²) in [6.45, 7) is 0.219. The lowest BCUT2D eigenvalue weighted by Crippen LogP contribution is -2.20. The first-order valence-corrected chi connectivity index (χ1v) is 7.08. The highest BCUT2D eigenvalue weighted by molar-refractivity contribution is 5.82. The molecule has 0 amide bonds. The third-order valence-electron chi connectivity index (χ3n) is 3.74. The molecule has 0 aliphatic heterocycles. The first-order valence-electron chi connectivity index (χ1n) is 7.08. The molecule has 6 heteroatoms. The van der Waals surface area contributed by atoms with Crippen LogP contribution in [0, 0.1) is 11.3 Å². The molecule has 24 heavy (non-hydrogen) atoms. The second-order valence-electron chi connectivity index (χ2n) is 5.36. The van der Waals surface area contributed by atoms with Gasteiger partial charge in [0.2, 0.25) is 0 Å². The molecule has 3 rings (SSSR count). The molecule has 0 N–H and O–H groups in total. The number of nitriles is 1. The van der Waals surface area contributed by atoms with Crippen molar-refractivity contribution >= 4 is 10.8 Å². The van der Waals surface area contributed by atoms with Crippen LogP contribution in [0.1, 0.15) is 16.7 Å². The van der Waals surface area contributed by atoms with Crippen molar-refractivity contribution < 1.29 is 13.2 Å². The smallest absolute Gasteiger partial charge is 0.311 e. The Kier molecular flexibility index (Phi) is 3.86. The predicted molar refractivity (Wildman–Crippen MR) is 83.5 cm³/mol. The molecule has 0 saturated heterocycles. The number of fused-ring (bicyclic) bond motifs is 1. The molecule has 3 nitrogen and oxygen atoms in total. The van der Waals surface area contributed by atoms with Gasteiger partial charge in [0.05, 0.1) is 23.7 Å². The van der Waals surface area contributed by atoms with E-state index in [4.69, 9.17) is 5.26 Å². The first kappa shape index (κ1) is 15.8. The van der Waals surface area contributed by atoms with Gasteiger partial charge in [-0.15, -0.1) is 0 Å². The van der Waals surface area contributed by atoms with Crippen LogP contribution in [-0.4, -0.2) is 4.57 Å². The van der Waals surface area contributed by atoms with Crippen LogP contribution in [0.2, 0.25) is 0 Å². The highest BCUT2D eigenvalue weighted by Crippen LogP contribution is 2.30. The summed E-state index contributed by atoms with van der Waals surface area (Å²) in [6, 6.07) is 13.4. The fraction of sp³-hybridized carbons (Fsp3) is 0.111. The maximum Gasteiger partial charge on any atom is 0.416 e. The lowest BCUT2D eigenvalue weighted by molar-refractivity contribution is -0.137. The molecule has 0 aliphatic rings. The van der Waals surface area contributed by atoms with E-state index in [-0.39, 0.29) is 11.9 Å². The topological polar surface area (TPSA) is 45.8 Å². The Morgan fingerprint density at radius 3 is 2.38 bits per heavy atom. The highest BCUT2D eigenvalue weighted by Gasteiger charge is 2.30. The Morgan fingerprint density at radius 1 is 1.04 bits per heavy atom. The minimum Gasteiger partial charge on any atom is -0.311 e. The number of alkyl halides is 3. The van der Waals surface area contributed by atoms with Crippen molar-refractivity contribution in [3.8, 4) is 6.07 Å². The third-order valence-corrected chi connectivity index (χ3v) is 3.74. The number of hydrogen-bond acceptors (Lipinski definition) is 2. The Hall–Kier alpha value is -3.07. The SMILES string of the molecule is N#Cc1ccc(Cn2ccc3ccc(C(F)(F)F)cc3c2=O)cc1. The quantitative estimate of drug-likeness (QED) is 0.715. The maximum atomic E-state index is 12.8. The average molecular weight is 328 g/mol. The molecular weight excluding hydrogens is 317 g/mol. The van der Waals surface area contributed by atoms with Crippen LogP contribution in [0.25, 0.3) is 10.8 Å². The van der Waals surface area contributed by atoms with Gasteiger partial charge >= 0.3 is 6.18 Å². The third kappa shape index (κ3) is 3.01. The summed E-state index contributed by atoms with van der Waals surface area (Å²) in [4.78, 5) is 12.5. The van der Waals surface area contributed by atoms with Gasteiger partial charge in [-0.2, -0.15) is 18.4 Å². The van der Waals surface area contributed by atoms with Crippen LogP contribution in [0.3, 0.4) is 0 Å². The molecule has 0 radical (unpaired) electrons. The van der Waals surface area contributed by atoms with Crippen LogP contribution in [-0.2, 0) is 12.7 Å². The van der Waals surface area contributed by atoms with E-state index in [1.54, 1.807) is 36.5 Å². The van der Waals surface area contributed by atoms with Crippen molar-refractivity contribution in [3.05, 3.63) is 81.8 Å². The maximum absolute atomic E-state index is 12.8. The lowest BCUT2D eigenvalue weighted by atomic mass is 10.1.